The van der Waals surface area contributed by atoms with Crippen molar-refractivity contribution in [1.82, 2.24) is 10.2 Å². The van der Waals surface area contributed by atoms with Crippen molar-refractivity contribution in [3.63, 3.8) is 0 Å². The molecule has 2 aromatic rings. The van der Waals surface area contributed by atoms with Crippen LogP contribution in [0.1, 0.15) is 18.4 Å². The predicted octanol–water partition coefficient (Wildman–Crippen LogP) is 3.02. The Morgan fingerprint density at radius 2 is 1.82 bits per heavy atom. The quantitative estimate of drug-likeness (QED) is 0.804. The number of rotatable bonds is 6. The zero-order chi connectivity index (χ0) is 19.9. The van der Waals surface area contributed by atoms with Crippen molar-refractivity contribution in [2.75, 3.05) is 26.1 Å². The number of hydrogen-bond acceptors (Lipinski definition) is 4. The summed E-state index contributed by atoms with van der Waals surface area (Å²) in [7, 11) is 3.16. The van der Waals surface area contributed by atoms with Crippen LogP contribution in [0.4, 0.5) is 10.5 Å². The summed E-state index contributed by atoms with van der Waals surface area (Å²) in [4.78, 5) is 26.9. The number of ether oxygens (including phenoxy) is 2. The van der Waals surface area contributed by atoms with Crippen LogP contribution in [-0.4, -0.2) is 43.6 Å². The van der Waals surface area contributed by atoms with Crippen LogP contribution < -0.4 is 20.1 Å². The van der Waals surface area contributed by atoms with Crippen molar-refractivity contribution in [2.24, 2.45) is 0 Å². The third-order valence-electron chi connectivity index (χ3n) is 4.79. The summed E-state index contributed by atoms with van der Waals surface area (Å²) in [6.07, 6.45) is 1.44. The molecule has 7 nitrogen and oxygen atoms in total. The van der Waals surface area contributed by atoms with Gasteiger partial charge in [0, 0.05) is 13.1 Å². The SMILES string of the molecule is COc1ccc(CNC(=O)[C@H]2CCCN2C(=O)Nc2ccccc2OC)cc1. The van der Waals surface area contributed by atoms with E-state index in [2.05, 4.69) is 10.6 Å². The van der Waals surface area contributed by atoms with Gasteiger partial charge in [-0.1, -0.05) is 24.3 Å². The summed E-state index contributed by atoms with van der Waals surface area (Å²) in [5.74, 6) is 1.20. The minimum absolute atomic E-state index is 0.150. The number of nitrogens with one attached hydrogen (secondary N) is 2. The molecule has 1 fully saturated rings. The highest BCUT2D eigenvalue weighted by molar-refractivity contribution is 5.95. The van der Waals surface area contributed by atoms with Gasteiger partial charge >= 0.3 is 6.03 Å². The molecule has 3 amide bonds. The first-order valence-electron chi connectivity index (χ1n) is 9.23. The van der Waals surface area contributed by atoms with E-state index in [-0.39, 0.29) is 11.9 Å². The van der Waals surface area contributed by atoms with Gasteiger partial charge in [-0.3, -0.25) is 4.79 Å². The van der Waals surface area contributed by atoms with E-state index in [1.54, 1.807) is 31.3 Å². The van der Waals surface area contributed by atoms with Gasteiger partial charge in [0.25, 0.3) is 0 Å². The second kappa shape index (κ2) is 9.12. The summed E-state index contributed by atoms with van der Waals surface area (Å²) in [5, 5.41) is 5.77. The number of carbonyl (C=O) groups excluding carboxylic acids is 2. The predicted molar refractivity (Wildman–Crippen MR) is 107 cm³/mol. The Kier molecular flexibility index (Phi) is 6.37. The van der Waals surface area contributed by atoms with Gasteiger partial charge in [0.05, 0.1) is 19.9 Å². The third-order valence-corrected chi connectivity index (χ3v) is 4.79. The van der Waals surface area contributed by atoms with E-state index in [9.17, 15) is 9.59 Å². The maximum Gasteiger partial charge on any atom is 0.322 e. The molecule has 0 spiro atoms. The van der Waals surface area contributed by atoms with Crippen molar-refractivity contribution in [3.8, 4) is 11.5 Å². The van der Waals surface area contributed by atoms with E-state index in [1.807, 2.05) is 36.4 Å². The van der Waals surface area contributed by atoms with Crippen LogP contribution in [0.25, 0.3) is 0 Å². The fourth-order valence-electron chi connectivity index (χ4n) is 3.27. The van der Waals surface area contributed by atoms with E-state index in [4.69, 9.17) is 9.47 Å². The lowest BCUT2D eigenvalue weighted by molar-refractivity contribution is -0.124. The normalized spacial score (nSPS) is 15.8. The number of benzene rings is 2. The summed E-state index contributed by atoms with van der Waals surface area (Å²) in [5.41, 5.74) is 1.55. The molecular formula is C21H25N3O4. The molecule has 0 saturated carbocycles. The molecule has 0 unspecified atom stereocenters. The lowest BCUT2D eigenvalue weighted by Gasteiger charge is -2.24. The Hall–Kier alpha value is -3.22. The van der Waals surface area contributed by atoms with Gasteiger partial charge in [-0.15, -0.1) is 0 Å². The van der Waals surface area contributed by atoms with Gasteiger partial charge < -0.3 is 25.0 Å². The number of anilines is 1. The van der Waals surface area contributed by atoms with Gasteiger partial charge in [0.1, 0.15) is 17.5 Å². The highest BCUT2D eigenvalue weighted by Crippen LogP contribution is 2.25. The first-order valence-corrected chi connectivity index (χ1v) is 9.23. The molecule has 1 atom stereocenters. The molecule has 1 saturated heterocycles. The lowest BCUT2D eigenvalue weighted by Crippen LogP contribution is -2.47. The van der Waals surface area contributed by atoms with Crippen molar-refractivity contribution in [1.29, 1.82) is 0 Å². The smallest absolute Gasteiger partial charge is 0.322 e. The Bertz CT molecular complexity index is 823. The minimum Gasteiger partial charge on any atom is -0.497 e. The summed E-state index contributed by atoms with van der Waals surface area (Å²) in [6.45, 7) is 0.947. The largest absolute Gasteiger partial charge is 0.497 e. The summed E-state index contributed by atoms with van der Waals surface area (Å²) >= 11 is 0. The molecule has 3 rings (SSSR count). The minimum atomic E-state index is -0.479. The molecule has 1 aliphatic rings. The zero-order valence-electron chi connectivity index (χ0n) is 16.1. The second-order valence-electron chi connectivity index (χ2n) is 6.55. The molecular weight excluding hydrogens is 358 g/mol. The van der Waals surface area contributed by atoms with Gasteiger partial charge in [-0.2, -0.15) is 0 Å². The standard InChI is InChI=1S/C21H25N3O4/c1-27-16-11-9-15(10-12-16)14-22-20(25)18-7-5-13-24(18)21(26)23-17-6-3-4-8-19(17)28-2/h3-4,6,8-12,18H,5,7,13-14H2,1-2H3,(H,22,25)(H,23,26)/t18-/m1/s1. The lowest BCUT2D eigenvalue weighted by atomic mass is 10.2. The van der Waals surface area contributed by atoms with E-state index in [0.717, 1.165) is 17.7 Å². The molecule has 148 valence electrons. The molecule has 2 aromatic carbocycles. The Labute approximate surface area is 164 Å². The first-order chi connectivity index (χ1) is 13.6. The van der Waals surface area contributed by atoms with Crippen LogP contribution in [0, 0.1) is 0 Å². The zero-order valence-corrected chi connectivity index (χ0v) is 16.1. The molecule has 28 heavy (non-hydrogen) atoms. The van der Waals surface area contributed by atoms with Crippen LogP contribution in [0.15, 0.2) is 48.5 Å². The van der Waals surface area contributed by atoms with Gasteiger partial charge in [-0.05, 0) is 42.7 Å². The molecule has 0 radical (unpaired) electrons. The molecule has 2 N–H and O–H groups in total. The Balaban J connectivity index is 1.59. The van der Waals surface area contributed by atoms with E-state index in [0.29, 0.717) is 30.9 Å². The highest BCUT2D eigenvalue weighted by Gasteiger charge is 2.34. The molecule has 1 heterocycles. The Morgan fingerprint density at radius 3 is 2.54 bits per heavy atom. The number of carbonyl (C=O) groups is 2. The fraction of sp³-hybridized carbons (Fsp3) is 0.333. The van der Waals surface area contributed by atoms with Crippen LogP contribution in [0.3, 0.4) is 0 Å². The monoisotopic (exact) mass is 383 g/mol. The third kappa shape index (κ3) is 4.54. The number of methoxy groups -OCH3 is 2. The van der Waals surface area contributed by atoms with Gasteiger partial charge in [-0.25, -0.2) is 4.79 Å². The Morgan fingerprint density at radius 1 is 1.07 bits per heavy atom. The fourth-order valence-corrected chi connectivity index (χ4v) is 3.27. The van der Waals surface area contributed by atoms with E-state index in [1.165, 1.54) is 0 Å². The van der Waals surface area contributed by atoms with Crippen molar-refractivity contribution in [2.45, 2.75) is 25.4 Å². The molecule has 1 aliphatic heterocycles. The van der Waals surface area contributed by atoms with Crippen LogP contribution in [0.5, 0.6) is 11.5 Å². The number of amides is 3. The number of hydrogen-bond donors (Lipinski definition) is 2. The molecule has 7 heteroatoms. The van der Waals surface area contributed by atoms with Crippen molar-refractivity contribution < 1.29 is 19.1 Å². The van der Waals surface area contributed by atoms with Crippen molar-refractivity contribution >= 4 is 17.6 Å². The van der Waals surface area contributed by atoms with Crippen LogP contribution in [0.2, 0.25) is 0 Å². The maximum absolute atomic E-state index is 12.7. The van der Waals surface area contributed by atoms with Gasteiger partial charge in [0.2, 0.25) is 5.91 Å². The number of likely N-dealkylation sites (tertiary alicyclic amines) is 1. The number of para-hydroxylation sites is 2. The van der Waals surface area contributed by atoms with E-state index >= 15 is 0 Å². The molecule has 0 aliphatic carbocycles. The summed E-state index contributed by atoms with van der Waals surface area (Å²) in [6, 6.07) is 13.9. The average Bonchev–Trinajstić information content (AvgIpc) is 3.23. The number of nitrogens with zero attached hydrogens (tertiary/aromatic N) is 1. The van der Waals surface area contributed by atoms with Gasteiger partial charge in [0.15, 0.2) is 0 Å². The number of urea groups is 1. The van der Waals surface area contributed by atoms with Crippen LogP contribution in [-0.2, 0) is 11.3 Å². The van der Waals surface area contributed by atoms with E-state index < -0.39 is 6.04 Å². The van der Waals surface area contributed by atoms with Crippen molar-refractivity contribution in [3.05, 3.63) is 54.1 Å². The second-order valence-corrected chi connectivity index (χ2v) is 6.55. The topological polar surface area (TPSA) is 79.9 Å². The average molecular weight is 383 g/mol. The van der Waals surface area contributed by atoms with Crippen LogP contribution >= 0.6 is 0 Å². The maximum atomic E-state index is 12.7. The molecule has 0 aromatic heterocycles. The summed E-state index contributed by atoms with van der Waals surface area (Å²) < 4.78 is 10.4. The first kappa shape index (κ1) is 19.5. The highest BCUT2D eigenvalue weighted by atomic mass is 16.5. The molecule has 0 bridgehead atoms.